The van der Waals surface area contributed by atoms with Crippen molar-refractivity contribution in [3.63, 3.8) is 0 Å². The van der Waals surface area contributed by atoms with Crippen LogP contribution in [0.15, 0.2) is 42.5 Å². The Morgan fingerprint density at radius 2 is 1.86 bits per heavy atom. The van der Waals surface area contributed by atoms with Crippen LogP contribution >= 0.6 is 11.6 Å². The molecule has 0 saturated carbocycles. The van der Waals surface area contributed by atoms with E-state index < -0.39 is 11.9 Å². The van der Waals surface area contributed by atoms with Gasteiger partial charge in [-0.1, -0.05) is 17.7 Å². The van der Waals surface area contributed by atoms with Crippen molar-refractivity contribution in [3.8, 4) is 5.75 Å². The zero-order chi connectivity index (χ0) is 20.5. The number of hydrogen-bond acceptors (Lipinski definition) is 4. The summed E-state index contributed by atoms with van der Waals surface area (Å²) in [6, 6.07) is 11.4. The van der Waals surface area contributed by atoms with E-state index in [0.717, 1.165) is 47.4 Å². The fourth-order valence-corrected chi connectivity index (χ4v) is 4.23. The minimum absolute atomic E-state index is 0.106. The lowest BCUT2D eigenvalue weighted by Crippen LogP contribution is -3.19. The molecule has 2 fully saturated rings. The Bertz CT molecular complexity index is 947. The predicted octanol–water partition coefficient (Wildman–Crippen LogP) is 1.52. The zero-order valence-electron chi connectivity index (χ0n) is 16.0. The molecule has 29 heavy (non-hydrogen) atoms. The lowest BCUT2D eigenvalue weighted by molar-refractivity contribution is -0.915. The van der Waals surface area contributed by atoms with Crippen LogP contribution in [0, 0.1) is 5.82 Å². The first kappa shape index (κ1) is 19.7. The molecule has 1 N–H and O–H groups in total. The number of methoxy groups -OCH3 is 1. The molecule has 8 heteroatoms. The van der Waals surface area contributed by atoms with Crippen molar-refractivity contribution in [2.75, 3.05) is 43.1 Å². The van der Waals surface area contributed by atoms with Crippen LogP contribution < -0.4 is 19.4 Å². The van der Waals surface area contributed by atoms with Gasteiger partial charge < -0.3 is 14.5 Å². The number of quaternary nitrogens is 1. The Hall–Kier alpha value is -2.64. The monoisotopic (exact) mass is 418 g/mol. The van der Waals surface area contributed by atoms with Gasteiger partial charge in [0.2, 0.25) is 5.91 Å². The molecular formula is C21H22ClFN3O3+. The van der Waals surface area contributed by atoms with Gasteiger partial charge in [0.15, 0.2) is 6.04 Å². The number of hydrogen-bond donors (Lipinski definition) is 1. The Morgan fingerprint density at radius 3 is 2.55 bits per heavy atom. The molecule has 0 bridgehead atoms. The molecule has 152 valence electrons. The van der Waals surface area contributed by atoms with Gasteiger partial charge >= 0.3 is 0 Å². The minimum atomic E-state index is -0.578. The highest BCUT2D eigenvalue weighted by Crippen LogP contribution is 2.27. The molecule has 6 nitrogen and oxygen atoms in total. The maximum atomic E-state index is 13.4. The third-order valence-corrected chi connectivity index (χ3v) is 5.91. The molecule has 0 aliphatic carbocycles. The quantitative estimate of drug-likeness (QED) is 0.765. The SMILES string of the molecule is COc1cccc(N2CC[NH+]([C@H]3CC(=O)N(c4ccc(F)c(Cl)c4)C3=O)CC2)c1. The lowest BCUT2D eigenvalue weighted by Gasteiger charge is -2.35. The summed E-state index contributed by atoms with van der Waals surface area (Å²) < 4.78 is 18.7. The number of ether oxygens (including phenoxy) is 1. The van der Waals surface area contributed by atoms with Gasteiger partial charge in [0.25, 0.3) is 5.91 Å². The van der Waals surface area contributed by atoms with Crippen molar-refractivity contribution in [3.05, 3.63) is 53.3 Å². The number of nitrogens with zero attached hydrogens (tertiary/aromatic N) is 2. The molecule has 2 aliphatic heterocycles. The summed E-state index contributed by atoms with van der Waals surface area (Å²) in [5, 5.41) is -0.106. The van der Waals surface area contributed by atoms with E-state index in [2.05, 4.69) is 4.90 Å². The second kappa shape index (κ2) is 8.00. The van der Waals surface area contributed by atoms with Gasteiger partial charge in [-0.2, -0.15) is 0 Å². The van der Waals surface area contributed by atoms with Crippen molar-refractivity contribution in [1.29, 1.82) is 0 Å². The number of imide groups is 1. The second-order valence-electron chi connectivity index (χ2n) is 7.27. The number of nitrogens with one attached hydrogen (secondary N) is 1. The second-order valence-corrected chi connectivity index (χ2v) is 7.68. The fraction of sp³-hybridized carbons (Fsp3) is 0.333. The maximum absolute atomic E-state index is 13.4. The van der Waals surface area contributed by atoms with Crippen molar-refractivity contribution in [1.82, 2.24) is 0 Å². The summed E-state index contributed by atoms with van der Waals surface area (Å²) in [4.78, 5) is 30.0. The van der Waals surface area contributed by atoms with Gasteiger partial charge in [0.1, 0.15) is 11.6 Å². The van der Waals surface area contributed by atoms with Gasteiger partial charge in [0, 0.05) is 11.8 Å². The molecule has 0 radical (unpaired) electrons. The third kappa shape index (κ3) is 3.80. The average Bonchev–Trinajstić information content (AvgIpc) is 3.04. The van der Waals surface area contributed by atoms with Gasteiger partial charge in [-0.3, -0.25) is 9.59 Å². The zero-order valence-corrected chi connectivity index (χ0v) is 16.8. The Morgan fingerprint density at radius 1 is 1.10 bits per heavy atom. The summed E-state index contributed by atoms with van der Waals surface area (Å²) in [6.07, 6.45) is 0.155. The first-order chi connectivity index (χ1) is 14.0. The van der Waals surface area contributed by atoms with Gasteiger partial charge in [-0.15, -0.1) is 0 Å². The third-order valence-electron chi connectivity index (χ3n) is 5.62. The highest BCUT2D eigenvalue weighted by molar-refractivity contribution is 6.31. The van der Waals surface area contributed by atoms with Crippen molar-refractivity contribution >= 4 is 34.8 Å². The van der Waals surface area contributed by atoms with Crippen LogP contribution in [0.25, 0.3) is 0 Å². The highest BCUT2D eigenvalue weighted by atomic mass is 35.5. The van der Waals surface area contributed by atoms with Crippen molar-refractivity contribution in [2.24, 2.45) is 0 Å². The number of carbonyl (C=O) groups excluding carboxylic acids is 2. The number of anilines is 2. The van der Waals surface area contributed by atoms with Crippen molar-refractivity contribution in [2.45, 2.75) is 12.5 Å². The van der Waals surface area contributed by atoms with Crippen LogP contribution in [-0.2, 0) is 9.59 Å². The smallest absolute Gasteiger partial charge is 0.292 e. The highest BCUT2D eigenvalue weighted by Gasteiger charge is 2.46. The standard InChI is InChI=1S/C21H21ClFN3O3/c1-29-16-4-2-3-14(11-16)24-7-9-25(10-8-24)19-13-20(27)26(21(19)28)15-5-6-18(23)17(22)12-15/h2-6,11-12,19H,7-10,13H2,1H3/p+1/t19-/m0/s1. The molecule has 2 amide bonds. The van der Waals surface area contributed by atoms with E-state index in [9.17, 15) is 14.0 Å². The first-order valence-corrected chi connectivity index (χ1v) is 9.91. The summed E-state index contributed by atoms with van der Waals surface area (Å²) in [7, 11) is 1.64. The molecule has 2 aliphatic rings. The van der Waals surface area contributed by atoms with E-state index in [1.165, 1.54) is 18.2 Å². The van der Waals surface area contributed by atoms with E-state index in [4.69, 9.17) is 16.3 Å². The normalized spacial score (nSPS) is 20.4. The summed E-state index contributed by atoms with van der Waals surface area (Å²) in [6.45, 7) is 3.06. The van der Waals surface area contributed by atoms with Gasteiger partial charge in [-0.05, 0) is 30.3 Å². The summed E-state index contributed by atoms with van der Waals surface area (Å²) >= 11 is 5.82. The summed E-state index contributed by atoms with van der Waals surface area (Å²) in [5.74, 6) is -0.291. The van der Waals surface area contributed by atoms with Gasteiger partial charge in [0.05, 0.1) is 50.4 Å². The molecule has 2 heterocycles. The number of rotatable bonds is 4. The molecule has 4 rings (SSSR count). The molecule has 2 aromatic rings. The number of benzene rings is 2. The number of halogens is 2. The molecule has 1 atom stereocenters. The van der Waals surface area contributed by atoms with Crippen LogP contribution in [0.5, 0.6) is 5.75 Å². The maximum Gasteiger partial charge on any atom is 0.292 e. The van der Waals surface area contributed by atoms with E-state index in [1.54, 1.807) is 7.11 Å². The van der Waals surface area contributed by atoms with Crippen LogP contribution in [0.1, 0.15) is 6.42 Å². The Balaban J connectivity index is 1.44. The van der Waals surface area contributed by atoms with Crippen LogP contribution in [-0.4, -0.2) is 51.1 Å². The molecular weight excluding hydrogens is 397 g/mol. The summed E-state index contributed by atoms with van der Waals surface area (Å²) in [5.41, 5.74) is 1.41. The van der Waals surface area contributed by atoms with E-state index in [0.29, 0.717) is 5.69 Å². The fourth-order valence-electron chi connectivity index (χ4n) is 4.05. The molecule has 0 spiro atoms. The molecule has 0 unspecified atom stereocenters. The van der Waals surface area contributed by atoms with E-state index in [1.807, 2.05) is 24.3 Å². The van der Waals surface area contributed by atoms with E-state index >= 15 is 0 Å². The molecule has 0 aromatic heterocycles. The number of piperazine rings is 1. The van der Waals surface area contributed by atoms with Crippen LogP contribution in [0.4, 0.5) is 15.8 Å². The predicted molar refractivity (Wildman–Crippen MR) is 108 cm³/mol. The molecule has 2 saturated heterocycles. The van der Waals surface area contributed by atoms with Crippen LogP contribution in [0.2, 0.25) is 5.02 Å². The van der Waals surface area contributed by atoms with E-state index in [-0.39, 0.29) is 23.3 Å². The largest absolute Gasteiger partial charge is 0.497 e. The Labute approximate surface area is 173 Å². The van der Waals surface area contributed by atoms with Crippen molar-refractivity contribution < 1.29 is 23.6 Å². The molecule has 2 aromatic carbocycles. The topological polar surface area (TPSA) is 54.3 Å². The number of amides is 2. The Kier molecular flexibility index (Phi) is 5.43. The average molecular weight is 419 g/mol. The van der Waals surface area contributed by atoms with Crippen LogP contribution in [0.3, 0.4) is 0 Å². The minimum Gasteiger partial charge on any atom is -0.497 e. The number of carbonyl (C=O) groups is 2. The lowest BCUT2D eigenvalue weighted by atomic mass is 10.1. The first-order valence-electron chi connectivity index (χ1n) is 9.53. The van der Waals surface area contributed by atoms with Gasteiger partial charge in [-0.25, -0.2) is 9.29 Å².